The van der Waals surface area contributed by atoms with Gasteiger partial charge in [-0.05, 0) is 25.3 Å². The van der Waals surface area contributed by atoms with E-state index in [1.165, 1.54) is 0 Å². The first-order valence-corrected chi connectivity index (χ1v) is 6.15. The van der Waals surface area contributed by atoms with Gasteiger partial charge in [-0.25, -0.2) is 0 Å². The van der Waals surface area contributed by atoms with E-state index in [2.05, 4.69) is 12.2 Å². The van der Waals surface area contributed by atoms with Gasteiger partial charge in [0.15, 0.2) is 0 Å². The summed E-state index contributed by atoms with van der Waals surface area (Å²) in [5, 5.41) is 0. The average Bonchev–Trinajstić information content (AvgIpc) is 2.65. The molecule has 1 saturated heterocycles. The molecule has 3 rings (SSSR count). The van der Waals surface area contributed by atoms with E-state index in [-0.39, 0.29) is 17.8 Å². The smallest absolute Gasteiger partial charge is 0.310 e. The number of cyclic esters (lactones) is 1. The van der Waals surface area contributed by atoms with Crippen LogP contribution in [0.15, 0.2) is 42.5 Å². The Hall–Kier alpha value is -1.57. The maximum Gasteiger partial charge on any atom is 0.310 e. The summed E-state index contributed by atoms with van der Waals surface area (Å²) < 4.78 is 5.70. The van der Waals surface area contributed by atoms with Gasteiger partial charge in [-0.3, -0.25) is 4.79 Å². The minimum atomic E-state index is -0.451. The van der Waals surface area contributed by atoms with E-state index in [9.17, 15) is 4.79 Å². The van der Waals surface area contributed by atoms with Gasteiger partial charge in [0.1, 0.15) is 5.60 Å². The van der Waals surface area contributed by atoms with Crippen molar-refractivity contribution in [3.05, 3.63) is 48.0 Å². The highest BCUT2D eigenvalue weighted by molar-refractivity contribution is 5.77. The van der Waals surface area contributed by atoms with Crippen molar-refractivity contribution < 1.29 is 9.53 Å². The van der Waals surface area contributed by atoms with E-state index < -0.39 is 5.60 Å². The Morgan fingerprint density at radius 2 is 1.88 bits per heavy atom. The third-order valence-electron chi connectivity index (χ3n) is 4.10. The molecule has 0 spiro atoms. The largest absolute Gasteiger partial charge is 0.454 e. The molecule has 1 fully saturated rings. The van der Waals surface area contributed by atoms with Crippen LogP contribution in [0.4, 0.5) is 0 Å². The monoisotopic (exact) mass is 228 g/mol. The van der Waals surface area contributed by atoms with Crippen molar-refractivity contribution in [1.82, 2.24) is 0 Å². The van der Waals surface area contributed by atoms with Crippen molar-refractivity contribution in [2.45, 2.75) is 25.4 Å². The van der Waals surface area contributed by atoms with Crippen LogP contribution < -0.4 is 0 Å². The standard InChI is InChI=1S/C15H16O2/c1-15(11-7-3-2-4-8-11)13-10-6-5-9-12(13)14(16)17-15/h2-8,12-13H,9-10H2,1H3/t12-,13+,15+/m1/s1. The molecule has 17 heavy (non-hydrogen) atoms. The summed E-state index contributed by atoms with van der Waals surface area (Å²) in [5.41, 5.74) is 0.657. The maximum atomic E-state index is 11.9. The zero-order valence-electron chi connectivity index (χ0n) is 9.93. The predicted molar refractivity (Wildman–Crippen MR) is 65.2 cm³/mol. The lowest BCUT2D eigenvalue weighted by Crippen LogP contribution is -2.31. The van der Waals surface area contributed by atoms with Crippen LogP contribution >= 0.6 is 0 Å². The predicted octanol–water partition coefficient (Wildman–Crippen LogP) is 3.04. The van der Waals surface area contributed by atoms with Crippen LogP contribution in [-0.4, -0.2) is 5.97 Å². The average molecular weight is 228 g/mol. The van der Waals surface area contributed by atoms with Crippen molar-refractivity contribution in [3.8, 4) is 0 Å². The van der Waals surface area contributed by atoms with Gasteiger partial charge < -0.3 is 4.74 Å². The number of esters is 1. The minimum Gasteiger partial charge on any atom is -0.454 e. The number of hydrogen-bond acceptors (Lipinski definition) is 2. The van der Waals surface area contributed by atoms with Gasteiger partial charge in [-0.15, -0.1) is 0 Å². The molecule has 3 atom stereocenters. The van der Waals surface area contributed by atoms with Crippen LogP contribution in [0, 0.1) is 11.8 Å². The van der Waals surface area contributed by atoms with E-state index in [1.807, 2.05) is 37.3 Å². The number of allylic oxidation sites excluding steroid dienone is 2. The molecule has 2 nitrogen and oxygen atoms in total. The molecule has 0 radical (unpaired) electrons. The van der Waals surface area contributed by atoms with Crippen LogP contribution in [0.2, 0.25) is 0 Å². The second-order valence-corrected chi connectivity index (χ2v) is 5.05. The Morgan fingerprint density at radius 3 is 2.65 bits per heavy atom. The normalized spacial score (nSPS) is 35.5. The van der Waals surface area contributed by atoms with Gasteiger partial charge >= 0.3 is 5.97 Å². The summed E-state index contributed by atoms with van der Waals surface area (Å²) in [7, 11) is 0. The van der Waals surface area contributed by atoms with E-state index in [0.29, 0.717) is 0 Å². The molecule has 1 aliphatic carbocycles. The SMILES string of the molecule is C[C@@]1(c2ccccc2)OC(=O)[C@@H]2CC=CC[C@@H]21. The summed E-state index contributed by atoms with van der Waals surface area (Å²) in [4.78, 5) is 11.9. The molecule has 1 heterocycles. The molecule has 2 aliphatic rings. The van der Waals surface area contributed by atoms with Crippen molar-refractivity contribution in [2.75, 3.05) is 0 Å². The Balaban J connectivity index is 2.03. The number of fused-ring (bicyclic) bond motifs is 1. The lowest BCUT2D eigenvalue weighted by atomic mass is 9.73. The molecule has 0 unspecified atom stereocenters. The zero-order chi connectivity index (χ0) is 11.9. The van der Waals surface area contributed by atoms with Gasteiger partial charge in [0.2, 0.25) is 0 Å². The summed E-state index contributed by atoms with van der Waals surface area (Å²) in [6.45, 7) is 2.05. The van der Waals surface area contributed by atoms with Gasteiger partial charge in [-0.2, -0.15) is 0 Å². The number of rotatable bonds is 1. The highest BCUT2D eigenvalue weighted by Crippen LogP contribution is 2.49. The van der Waals surface area contributed by atoms with Gasteiger partial charge in [0.25, 0.3) is 0 Å². The third kappa shape index (κ3) is 1.51. The molecule has 1 aromatic carbocycles. The summed E-state index contributed by atoms with van der Waals surface area (Å²) in [6.07, 6.45) is 6.03. The summed E-state index contributed by atoms with van der Waals surface area (Å²) in [5.74, 6) is 0.290. The van der Waals surface area contributed by atoms with Crippen molar-refractivity contribution in [2.24, 2.45) is 11.8 Å². The molecule has 1 aromatic rings. The molecule has 88 valence electrons. The Labute approximate surface area is 101 Å². The topological polar surface area (TPSA) is 26.3 Å². The molecule has 2 heteroatoms. The summed E-state index contributed by atoms with van der Waals surface area (Å²) in [6, 6.07) is 10.1. The molecule has 0 amide bonds. The first-order valence-electron chi connectivity index (χ1n) is 6.15. The van der Waals surface area contributed by atoms with E-state index >= 15 is 0 Å². The van der Waals surface area contributed by atoms with Crippen molar-refractivity contribution in [3.63, 3.8) is 0 Å². The minimum absolute atomic E-state index is 0.0364. The second kappa shape index (κ2) is 3.73. The molecule has 0 N–H and O–H groups in total. The van der Waals surface area contributed by atoms with Crippen LogP contribution in [0.25, 0.3) is 0 Å². The van der Waals surface area contributed by atoms with E-state index in [1.54, 1.807) is 0 Å². The second-order valence-electron chi connectivity index (χ2n) is 5.05. The molecule has 0 aromatic heterocycles. The number of carbonyl (C=O) groups excluding carboxylic acids is 1. The highest BCUT2D eigenvalue weighted by atomic mass is 16.6. The van der Waals surface area contributed by atoms with Crippen LogP contribution in [-0.2, 0) is 15.1 Å². The molecular weight excluding hydrogens is 212 g/mol. The fourth-order valence-electron chi connectivity index (χ4n) is 3.09. The maximum absolute atomic E-state index is 11.9. The quantitative estimate of drug-likeness (QED) is 0.545. The molecule has 1 aliphatic heterocycles. The third-order valence-corrected chi connectivity index (χ3v) is 4.10. The zero-order valence-corrected chi connectivity index (χ0v) is 9.93. The highest BCUT2D eigenvalue weighted by Gasteiger charge is 2.53. The van der Waals surface area contributed by atoms with Crippen LogP contribution in [0.1, 0.15) is 25.3 Å². The Kier molecular flexibility index (Phi) is 2.32. The lowest BCUT2D eigenvalue weighted by molar-refractivity contribution is -0.150. The number of carbonyl (C=O) groups is 1. The Bertz CT molecular complexity index is 463. The number of benzene rings is 1. The fourth-order valence-corrected chi connectivity index (χ4v) is 3.09. The molecule has 0 saturated carbocycles. The van der Waals surface area contributed by atoms with Gasteiger partial charge in [0.05, 0.1) is 5.92 Å². The van der Waals surface area contributed by atoms with Crippen molar-refractivity contribution >= 4 is 5.97 Å². The van der Waals surface area contributed by atoms with Gasteiger partial charge in [-0.1, -0.05) is 42.5 Å². The first-order chi connectivity index (χ1) is 8.22. The molecule has 0 bridgehead atoms. The Morgan fingerprint density at radius 1 is 1.18 bits per heavy atom. The molecular formula is C15H16O2. The van der Waals surface area contributed by atoms with Crippen LogP contribution in [0.3, 0.4) is 0 Å². The van der Waals surface area contributed by atoms with E-state index in [4.69, 9.17) is 4.74 Å². The first kappa shape index (κ1) is 10.6. The lowest BCUT2D eigenvalue weighted by Gasteiger charge is -2.32. The van der Waals surface area contributed by atoms with Gasteiger partial charge in [0, 0.05) is 5.92 Å². The van der Waals surface area contributed by atoms with Crippen LogP contribution in [0.5, 0.6) is 0 Å². The summed E-state index contributed by atoms with van der Waals surface area (Å²) >= 11 is 0. The van der Waals surface area contributed by atoms with E-state index in [0.717, 1.165) is 18.4 Å². The number of ether oxygens (including phenoxy) is 1. The van der Waals surface area contributed by atoms with Crippen molar-refractivity contribution in [1.29, 1.82) is 0 Å². The number of hydrogen-bond donors (Lipinski definition) is 0. The fraction of sp³-hybridized carbons (Fsp3) is 0.400.